The molecule has 0 unspecified atom stereocenters. The van der Waals surface area contributed by atoms with Crippen molar-refractivity contribution < 1.29 is 19.4 Å². The Kier molecular flexibility index (Phi) is 10.1. The van der Waals surface area contributed by atoms with Crippen molar-refractivity contribution in [2.75, 3.05) is 19.1 Å². The Balaban J connectivity index is 1.69. The number of anilines is 3. The Morgan fingerprint density at radius 3 is 1.50 bits per heavy atom. The Morgan fingerprint density at radius 2 is 1.11 bits per heavy atom. The topological polar surface area (TPSA) is 82.8 Å². The SMILES string of the molecule is COc1cc(/C=C(\C#N)C(=O)O)c(OC)cc1/C=C/c1ccc(N(c2ccc(C(C)(C)C)cc2)c2ccc(C(C)(C)C)cc2)cc1. The molecule has 0 bridgehead atoms. The first kappa shape index (κ1) is 33.6. The molecule has 0 aliphatic heterocycles. The zero-order valence-corrected chi connectivity index (χ0v) is 27.9. The number of rotatable bonds is 9. The fourth-order valence-electron chi connectivity index (χ4n) is 5.07. The van der Waals surface area contributed by atoms with Gasteiger partial charge in [0.25, 0.3) is 0 Å². The summed E-state index contributed by atoms with van der Waals surface area (Å²) in [7, 11) is 3.04. The summed E-state index contributed by atoms with van der Waals surface area (Å²) in [4.78, 5) is 13.6. The zero-order valence-electron chi connectivity index (χ0n) is 27.9. The molecule has 0 saturated carbocycles. The van der Waals surface area contributed by atoms with Crippen molar-refractivity contribution >= 4 is 41.3 Å². The first-order chi connectivity index (χ1) is 21.7. The maximum absolute atomic E-state index is 11.4. The van der Waals surface area contributed by atoms with Gasteiger partial charge in [0.2, 0.25) is 0 Å². The van der Waals surface area contributed by atoms with Crippen LogP contribution in [0.25, 0.3) is 18.2 Å². The van der Waals surface area contributed by atoms with Gasteiger partial charge in [-0.2, -0.15) is 5.26 Å². The molecule has 4 aromatic carbocycles. The highest BCUT2D eigenvalue weighted by molar-refractivity contribution is 5.97. The summed E-state index contributed by atoms with van der Waals surface area (Å²) < 4.78 is 11.1. The predicted molar refractivity (Wildman–Crippen MR) is 188 cm³/mol. The number of carboxylic acid groups (broad SMARTS) is 1. The molecular weight excluding hydrogens is 572 g/mol. The Hall–Kier alpha value is -5.28. The van der Waals surface area contributed by atoms with Crippen LogP contribution in [0.1, 0.15) is 69.4 Å². The third kappa shape index (κ3) is 7.86. The molecule has 236 valence electrons. The third-order valence-electron chi connectivity index (χ3n) is 7.82. The molecule has 0 spiro atoms. The molecule has 0 saturated heterocycles. The molecule has 0 fully saturated rings. The molecule has 6 heteroatoms. The van der Waals surface area contributed by atoms with Crippen molar-refractivity contribution in [3.63, 3.8) is 0 Å². The van der Waals surface area contributed by atoms with Crippen LogP contribution in [-0.2, 0) is 15.6 Å². The Labute approximate surface area is 272 Å². The van der Waals surface area contributed by atoms with E-state index in [9.17, 15) is 15.2 Å². The fraction of sp³-hybridized carbons (Fsp3) is 0.250. The predicted octanol–water partition coefficient (Wildman–Crippen LogP) is 9.93. The van der Waals surface area contributed by atoms with E-state index in [1.54, 1.807) is 25.3 Å². The van der Waals surface area contributed by atoms with Crippen LogP contribution in [0.2, 0.25) is 0 Å². The number of nitrogens with zero attached hydrogens (tertiary/aromatic N) is 2. The summed E-state index contributed by atoms with van der Waals surface area (Å²) in [5, 5.41) is 18.5. The average Bonchev–Trinajstić information content (AvgIpc) is 3.02. The summed E-state index contributed by atoms with van der Waals surface area (Å²) in [6.07, 6.45) is 5.17. The van der Waals surface area contributed by atoms with E-state index in [0.29, 0.717) is 17.1 Å². The van der Waals surface area contributed by atoms with Gasteiger partial charge >= 0.3 is 5.97 Å². The largest absolute Gasteiger partial charge is 0.496 e. The molecule has 1 N–H and O–H groups in total. The lowest BCUT2D eigenvalue weighted by Gasteiger charge is -2.28. The van der Waals surface area contributed by atoms with Crippen molar-refractivity contribution in [1.29, 1.82) is 5.26 Å². The van der Waals surface area contributed by atoms with E-state index in [2.05, 4.69) is 119 Å². The molecule has 4 rings (SSSR count). The zero-order chi connectivity index (χ0) is 33.6. The van der Waals surface area contributed by atoms with Crippen molar-refractivity contribution in [3.8, 4) is 17.6 Å². The summed E-state index contributed by atoms with van der Waals surface area (Å²) >= 11 is 0. The third-order valence-corrected chi connectivity index (χ3v) is 7.82. The monoisotopic (exact) mass is 614 g/mol. The normalized spacial score (nSPS) is 12.1. The van der Waals surface area contributed by atoms with Gasteiger partial charge in [-0.05, 0) is 82.1 Å². The van der Waals surface area contributed by atoms with Crippen LogP contribution in [0.3, 0.4) is 0 Å². The lowest BCUT2D eigenvalue weighted by molar-refractivity contribution is -0.132. The number of nitriles is 1. The first-order valence-corrected chi connectivity index (χ1v) is 15.2. The molecule has 0 aliphatic rings. The van der Waals surface area contributed by atoms with E-state index in [-0.39, 0.29) is 10.8 Å². The summed E-state index contributed by atoms with van der Waals surface area (Å²) in [5.41, 5.74) is 7.64. The molecule has 46 heavy (non-hydrogen) atoms. The minimum Gasteiger partial charge on any atom is -0.496 e. The lowest BCUT2D eigenvalue weighted by Crippen LogP contribution is -2.14. The average molecular weight is 615 g/mol. The Bertz CT molecular complexity index is 1720. The standard InChI is InChI=1S/C40H42N2O4/c1-39(2,3)31-13-19-34(20-14-31)42(35-21-15-32(16-22-35)40(4,5)6)33-17-10-27(11-18-33)9-12-28-24-37(46-8)29(25-36(28)45-7)23-30(26-41)38(43)44/h9-25H,1-8H3,(H,43,44)/b12-9+,30-23+. The highest BCUT2D eigenvalue weighted by Gasteiger charge is 2.18. The fourth-order valence-corrected chi connectivity index (χ4v) is 5.07. The van der Waals surface area contributed by atoms with E-state index in [1.807, 2.05) is 12.2 Å². The van der Waals surface area contributed by atoms with Gasteiger partial charge in [0, 0.05) is 28.2 Å². The molecule has 0 heterocycles. The quantitative estimate of drug-likeness (QED) is 0.115. The van der Waals surface area contributed by atoms with Crippen LogP contribution in [0, 0.1) is 11.3 Å². The first-order valence-electron chi connectivity index (χ1n) is 15.2. The summed E-state index contributed by atoms with van der Waals surface area (Å²) in [6.45, 7) is 13.3. The maximum atomic E-state index is 11.4. The number of ether oxygens (including phenoxy) is 2. The van der Waals surface area contributed by atoms with Crippen molar-refractivity contribution in [2.24, 2.45) is 0 Å². The van der Waals surface area contributed by atoms with Crippen molar-refractivity contribution in [1.82, 2.24) is 0 Å². The van der Waals surface area contributed by atoms with Gasteiger partial charge in [-0.15, -0.1) is 0 Å². The molecule has 0 amide bonds. The Morgan fingerprint density at radius 1 is 0.696 bits per heavy atom. The van der Waals surface area contributed by atoms with E-state index in [1.165, 1.54) is 24.3 Å². The number of aliphatic carboxylic acids is 1. The second-order valence-corrected chi connectivity index (χ2v) is 13.2. The van der Waals surface area contributed by atoms with Gasteiger partial charge in [0.05, 0.1) is 14.2 Å². The second-order valence-electron chi connectivity index (χ2n) is 13.2. The highest BCUT2D eigenvalue weighted by Crippen LogP contribution is 2.37. The molecule has 0 atom stereocenters. The van der Waals surface area contributed by atoms with Gasteiger partial charge in [-0.3, -0.25) is 0 Å². The van der Waals surface area contributed by atoms with Gasteiger partial charge in [-0.1, -0.05) is 90.1 Å². The van der Waals surface area contributed by atoms with Crippen LogP contribution in [0.4, 0.5) is 17.1 Å². The summed E-state index contributed by atoms with van der Waals surface area (Å²) in [5.74, 6) is -0.361. The van der Waals surface area contributed by atoms with Gasteiger partial charge in [-0.25, -0.2) is 4.79 Å². The number of benzene rings is 4. The van der Waals surface area contributed by atoms with Crippen molar-refractivity contribution in [2.45, 2.75) is 52.4 Å². The number of carboxylic acids is 1. The smallest absolute Gasteiger partial charge is 0.346 e. The minimum absolute atomic E-state index is 0.0630. The molecule has 0 radical (unpaired) electrons. The van der Waals surface area contributed by atoms with Gasteiger partial charge in [0.15, 0.2) is 0 Å². The lowest BCUT2D eigenvalue weighted by atomic mass is 9.86. The summed E-state index contributed by atoms with van der Waals surface area (Å²) in [6, 6.07) is 31.0. The van der Waals surface area contributed by atoms with Gasteiger partial charge in [0.1, 0.15) is 23.1 Å². The van der Waals surface area contributed by atoms with Crippen LogP contribution in [0.15, 0.2) is 90.5 Å². The van der Waals surface area contributed by atoms with Crippen LogP contribution < -0.4 is 14.4 Å². The minimum atomic E-state index is -1.31. The molecule has 0 aromatic heterocycles. The van der Waals surface area contributed by atoms with Gasteiger partial charge < -0.3 is 19.5 Å². The number of hydrogen-bond acceptors (Lipinski definition) is 5. The van der Waals surface area contributed by atoms with Crippen molar-refractivity contribution in [3.05, 3.63) is 118 Å². The number of methoxy groups -OCH3 is 2. The van der Waals surface area contributed by atoms with E-state index in [0.717, 1.165) is 28.2 Å². The van der Waals surface area contributed by atoms with E-state index in [4.69, 9.17) is 9.47 Å². The number of carbonyl (C=O) groups is 1. The molecule has 6 nitrogen and oxygen atoms in total. The highest BCUT2D eigenvalue weighted by atomic mass is 16.5. The van der Waals surface area contributed by atoms with Crippen LogP contribution in [0.5, 0.6) is 11.5 Å². The van der Waals surface area contributed by atoms with E-state index >= 15 is 0 Å². The molecular formula is C40H42N2O4. The number of hydrogen-bond donors (Lipinski definition) is 1. The molecule has 0 aliphatic carbocycles. The molecule has 4 aromatic rings. The second kappa shape index (κ2) is 13.8. The van der Waals surface area contributed by atoms with Crippen LogP contribution >= 0.6 is 0 Å². The van der Waals surface area contributed by atoms with E-state index < -0.39 is 11.5 Å². The van der Waals surface area contributed by atoms with Crippen LogP contribution in [-0.4, -0.2) is 25.3 Å². The maximum Gasteiger partial charge on any atom is 0.346 e.